The molecule has 2 heterocycles. The number of hydrogen-bond acceptors (Lipinski definition) is 7. The third kappa shape index (κ3) is 6.26. The largest absolute Gasteiger partial charge is 0.494 e. The number of halogens is 3. The Bertz CT molecular complexity index is 1480. The molecular weight excluding hydrogens is 596 g/mol. The van der Waals surface area contributed by atoms with Crippen LogP contribution in [0.4, 0.5) is 10.1 Å². The number of amides is 1. The van der Waals surface area contributed by atoms with Gasteiger partial charge < -0.3 is 25.0 Å². The summed E-state index contributed by atoms with van der Waals surface area (Å²) < 4.78 is 28.0. The molecule has 228 valence electrons. The number of carbonyl (C=O) groups excluding carboxylic acids is 1. The maximum Gasteiger partial charge on any atom is 0.242 e. The lowest BCUT2D eigenvalue weighted by molar-refractivity contribution is -0.124. The maximum absolute atomic E-state index is 15.8. The molecule has 2 saturated heterocycles. The number of likely N-dealkylation sites (tertiary alicyclic amines) is 1. The van der Waals surface area contributed by atoms with E-state index >= 15 is 4.39 Å². The Balaban J connectivity index is 1.41. The predicted molar refractivity (Wildman–Crippen MR) is 161 cm³/mol. The average Bonchev–Trinajstić information content (AvgIpc) is 3.53. The minimum Gasteiger partial charge on any atom is -0.494 e. The van der Waals surface area contributed by atoms with Crippen LogP contribution in [0, 0.1) is 17.7 Å². The Morgan fingerprint density at radius 2 is 1.93 bits per heavy atom. The smallest absolute Gasteiger partial charge is 0.242 e. The highest BCUT2D eigenvalue weighted by atomic mass is 35.5. The minimum atomic E-state index is -1.39. The van der Waals surface area contributed by atoms with Crippen LogP contribution in [0.2, 0.25) is 10.0 Å². The molecule has 2 aliphatic heterocycles. The van der Waals surface area contributed by atoms with Gasteiger partial charge in [-0.05, 0) is 66.8 Å². The molecule has 0 bridgehead atoms. The molecule has 1 aliphatic carbocycles. The van der Waals surface area contributed by atoms with Gasteiger partial charge >= 0.3 is 0 Å². The molecule has 1 saturated carbocycles. The van der Waals surface area contributed by atoms with Crippen molar-refractivity contribution in [2.24, 2.45) is 11.8 Å². The van der Waals surface area contributed by atoms with E-state index in [1.54, 1.807) is 36.4 Å². The average molecular weight is 631 g/mol. The molecule has 3 aromatic carbocycles. The Morgan fingerprint density at radius 3 is 2.67 bits per heavy atom. The number of benzene rings is 3. The highest BCUT2D eigenvalue weighted by Crippen LogP contribution is 2.49. The van der Waals surface area contributed by atoms with Gasteiger partial charge in [-0.15, -0.1) is 0 Å². The molecule has 6 atom stereocenters. The molecule has 1 amide bonds. The van der Waals surface area contributed by atoms with Gasteiger partial charge in [0.2, 0.25) is 5.91 Å². The van der Waals surface area contributed by atoms with Gasteiger partial charge in [-0.3, -0.25) is 14.6 Å². The van der Waals surface area contributed by atoms with Crippen LogP contribution in [-0.2, 0) is 16.1 Å². The van der Waals surface area contributed by atoms with E-state index in [0.717, 1.165) is 5.56 Å². The third-order valence-electron chi connectivity index (χ3n) is 8.62. The van der Waals surface area contributed by atoms with Crippen LogP contribution < -0.4 is 10.1 Å². The minimum absolute atomic E-state index is 0.0259. The summed E-state index contributed by atoms with van der Waals surface area (Å²) in [6.45, 7) is 3.56. The summed E-state index contributed by atoms with van der Waals surface area (Å²) in [5.41, 5.74) is 1.75. The fourth-order valence-corrected chi connectivity index (χ4v) is 7.01. The molecule has 3 fully saturated rings. The number of hydrogen-bond donors (Lipinski definition) is 3. The first-order valence-corrected chi connectivity index (χ1v) is 15.2. The van der Waals surface area contributed by atoms with Crippen LogP contribution in [0.1, 0.15) is 30.4 Å². The Morgan fingerprint density at radius 1 is 1.14 bits per heavy atom. The zero-order chi connectivity index (χ0) is 30.2. The summed E-state index contributed by atoms with van der Waals surface area (Å²) >= 11 is 12.5. The van der Waals surface area contributed by atoms with E-state index in [1.165, 1.54) is 6.07 Å². The van der Waals surface area contributed by atoms with Crippen LogP contribution in [0.3, 0.4) is 0 Å². The second-order valence-corrected chi connectivity index (χ2v) is 12.2. The van der Waals surface area contributed by atoms with E-state index in [1.807, 2.05) is 36.1 Å². The van der Waals surface area contributed by atoms with E-state index in [9.17, 15) is 15.0 Å². The van der Waals surface area contributed by atoms with Gasteiger partial charge in [0.25, 0.3) is 0 Å². The SMILES string of the molecule is CCOc1cccc(CN2C3OCN(CC4CC4C(O)O)C3C(c3cccc(Cl)c3F)C2C(=O)Nc2cccc(Cl)c2)c1. The van der Waals surface area contributed by atoms with Crippen molar-refractivity contribution in [3.05, 3.63) is 93.7 Å². The molecular formula is C32H34Cl2FN3O5. The van der Waals surface area contributed by atoms with E-state index in [-0.39, 0.29) is 29.5 Å². The van der Waals surface area contributed by atoms with Gasteiger partial charge in [0, 0.05) is 35.6 Å². The summed E-state index contributed by atoms with van der Waals surface area (Å²) in [5, 5.41) is 22.9. The fourth-order valence-electron chi connectivity index (χ4n) is 6.63. The third-order valence-corrected chi connectivity index (χ3v) is 9.15. The van der Waals surface area contributed by atoms with Crippen molar-refractivity contribution in [3.63, 3.8) is 0 Å². The summed E-state index contributed by atoms with van der Waals surface area (Å²) in [4.78, 5) is 18.3. The lowest BCUT2D eigenvalue weighted by atomic mass is 9.86. The summed E-state index contributed by atoms with van der Waals surface area (Å²) in [7, 11) is 0. The summed E-state index contributed by atoms with van der Waals surface area (Å²) in [6.07, 6.45) is -1.26. The van der Waals surface area contributed by atoms with Gasteiger partial charge in [-0.25, -0.2) is 4.39 Å². The number of anilines is 1. The van der Waals surface area contributed by atoms with Crippen LogP contribution in [0.25, 0.3) is 0 Å². The first-order chi connectivity index (χ1) is 20.7. The lowest BCUT2D eigenvalue weighted by Crippen LogP contribution is -2.45. The van der Waals surface area contributed by atoms with Crippen LogP contribution in [0.5, 0.6) is 5.75 Å². The standard InChI is InChI=1S/C32H34Cl2FN3O5/c1-2-42-22-9-3-6-18(12-22)15-38-28(30(39)36-21-8-4-7-20(33)14-21)26(23-10-5-11-25(34)27(23)35)29-31(38)43-17-37(29)16-19-13-24(19)32(40)41/h3-12,14,19,24,26,28-29,31-32,40-41H,2,13,15-17H2,1H3,(H,36,39). The number of rotatable bonds is 10. The Hall–Kier alpha value is -2.76. The van der Waals surface area contributed by atoms with Gasteiger partial charge in [0.15, 0.2) is 6.29 Å². The van der Waals surface area contributed by atoms with E-state index in [0.29, 0.717) is 48.1 Å². The van der Waals surface area contributed by atoms with Gasteiger partial charge in [-0.1, -0.05) is 53.5 Å². The topological polar surface area (TPSA) is 94.5 Å². The molecule has 3 aliphatic rings. The van der Waals surface area contributed by atoms with Crippen molar-refractivity contribution in [2.75, 3.05) is 25.2 Å². The zero-order valence-electron chi connectivity index (χ0n) is 23.6. The highest BCUT2D eigenvalue weighted by molar-refractivity contribution is 6.31. The lowest BCUT2D eigenvalue weighted by Gasteiger charge is -2.32. The van der Waals surface area contributed by atoms with Crippen molar-refractivity contribution in [1.29, 1.82) is 0 Å². The first kappa shape index (κ1) is 30.3. The monoisotopic (exact) mass is 629 g/mol. The number of fused-ring (bicyclic) bond motifs is 1. The number of ether oxygens (including phenoxy) is 2. The van der Waals surface area contributed by atoms with Crippen LogP contribution >= 0.6 is 23.2 Å². The molecule has 6 unspecified atom stereocenters. The maximum atomic E-state index is 15.8. The number of nitrogens with one attached hydrogen (secondary N) is 1. The molecule has 0 spiro atoms. The van der Waals surface area contributed by atoms with Crippen molar-refractivity contribution in [2.45, 2.75) is 50.4 Å². The normalized spacial score (nSPS) is 27.0. The molecule has 6 rings (SSSR count). The van der Waals surface area contributed by atoms with Crippen LogP contribution in [-0.4, -0.2) is 70.4 Å². The second-order valence-electron chi connectivity index (χ2n) is 11.4. The van der Waals surface area contributed by atoms with Crippen molar-refractivity contribution >= 4 is 34.8 Å². The van der Waals surface area contributed by atoms with Gasteiger partial charge in [0.1, 0.15) is 30.6 Å². The molecule has 3 aromatic rings. The fraction of sp³-hybridized carbons (Fsp3) is 0.406. The quantitative estimate of drug-likeness (QED) is 0.270. The summed E-state index contributed by atoms with van der Waals surface area (Å²) in [5.74, 6) is -1.01. The zero-order valence-corrected chi connectivity index (χ0v) is 25.1. The number of aliphatic hydroxyl groups is 2. The van der Waals surface area contributed by atoms with Crippen LogP contribution in [0.15, 0.2) is 66.7 Å². The first-order valence-electron chi connectivity index (χ1n) is 14.4. The second kappa shape index (κ2) is 12.7. The molecule has 0 radical (unpaired) electrons. The molecule has 8 nitrogen and oxygen atoms in total. The molecule has 11 heteroatoms. The Kier molecular flexibility index (Phi) is 8.94. The van der Waals surface area contributed by atoms with Gasteiger partial charge in [-0.2, -0.15) is 0 Å². The van der Waals surface area contributed by atoms with E-state index in [4.69, 9.17) is 32.7 Å². The number of aliphatic hydroxyl groups excluding tert-OH is 1. The molecule has 0 aromatic heterocycles. The molecule has 3 N–H and O–H groups in total. The highest BCUT2D eigenvalue weighted by Gasteiger charge is 2.59. The molecule has 43 heavy (non-hydrogen) atoms. The summed E-state index contributed by atoms with van der Waals surface area (Å²) in [6, 6.07) is 18.2. The van der Waals surface area contributed by atoms with Gasteiger partial charge in [0.05, 0.1) is 17.7 Å². The van der Waals surface area contributed by atoms with E-state index in [2.05, 4.69) is 10.2 Å². The number of nitrogens with zero attached hydrogens (tertiary/aromatic N) is 2. The van der Waals surface area contributed by atoms with Crippen molar-refractivity contribution in [1.82, 2.24) is 9.80 Å². The number of carbonyl (C=O) groups is 1. The predicted octanol–water partition coefficient (Wildman–Crippen LogP) is 5.07. The van der Waals surface area contributed by atoms with Crippen molar-refractivity contribution in [3.8, 4) is 5.75 Å². The van der Waals surface area contributed by atoms with E-state index < -0.39 is 36.3 Å². The Labute approximate surface area is 259 Å². The van der Waals surface area contributed by atoms with Crippen molar-refractivity contribution < 1.29 is 28.9 Å².